The first-order valence-electron chi connectivity index (χ1n) is 9.17. The molecular weight excluding hydrogens is 477 g/mol. The molecule has 0 bridgehead atoms. The molecule has 29 heavy (non-hydrogen) atoms. The molecule has 0 atom stereocenters. The summed E-state index contributed by atoms with van der Waals surface area (Å²) in [7, 11) is 1.64. The minimum Gasteiger partial charge on any atom is -0.493 e. The number of ether oxygens (including phenoxy) is 2. The van der Waals surface area contributed by atoms with Crippen molar-refractivity contribution in [3.8, 4) is 11.5 Å². The third-order valence-electron chi connectivity index (χ3n) is 4.39. The van der Waals surface area contributed by atoms with E-state index >= 15 is 0 Å². The van der Waals surface area contributed by atoms with Crippen LogP contribution in [0.15, 0.2) is 53.5 Å². The van der Waals surface area contributed by atoms with Crippen LogP contribution < -0.4 is 14.8 Å². The van der Waals surface area contributed by atoms with Gasteiger partial charge in [-0.1, -0.05) is 45.2 Å². The van der Waals surface area contributed by atoms with E-state index in [1.807, 2.05) is 36.8 Å². The maximum atomic E-state index is 6.13. The van der Waals surface area contributed by atoms with E-state index in [9.17, 15) is 0 Å². The van der Waals surface area contributed by atoms with E-state index in [0.717, 1.165) is 35.1 Å². The molecule has 0 amide bonds. The van der Waals surface area contributed by atoms with E-state index in [0.29, 0.717) is 34.7 Å². The lowest BCUT2D eigenvalue weighted by Gasteiger charge is -2.17. The van der Waals surface area contributed by atoms with Crippen LogP contribution in [-0.2, 0) is 19.7 Å². The van der Waals surface area contributed by atoms with Crippen LogP contribution in [0, 0.1) is 0 Å². The fraction of sp³-hybridized carbons (Fsp3) is 0.286. The molecule has 3 rings (SSSR count). The summed E-state index contributed by atoms with van der Waals surface area (Å²) >= 11 is 15.7. The van der Waals surface area contributed by atoms with E-state index in [4.69, 9.17) is 32.7 Å². The number of nitrogens with zero attached hydrogens (tertiary/aromatic N) is 2. The summed E-state index contributed by atoms with van der Waals surface area (Å²) in [6.07, 6.45) is 6.58. The summed E-state index contributed by atoms with van der Waals surface area (Å²) < 4.78 is 14.7. The third kappa shape index (κ3) is 6.12. The molecule has 5 nitrogen and oxygen atoms in total. The van der Waals surface area contributed by atoms with E-state index in [1.165, 1.54) is 0 Å². The van der Waals surface area contributed by atoms with E-state index < -0.39 is 0 Å². The van der Waals surface area contributed by atoms with Gasteiger partial charge in [-0.25, -0.2) is 4.98 Å². The lowest BCUT2D eigenvalue weighted by atomic mass is 10.1. The van der Waals surface area contributed by atoms with E-state index in [1.54, 1.807) is 19.4 Å². The standard InChI is InChI=1S/C21H22BrCl2N3O2/c1-28-20-6-4-17(22)16(12-25-7-2-9-27-10-8-26-14-27)21(20)29-13-15-3-5-18(23)19(24)11-15/h3-6,8,10-11,14,25H,2,7,9,12-13H2,1H3. The number of hydrogen-bond acceptors (Lipinski definition) is 4. The molecule has 1 N–H and O–H groups in total. The van der Waals surface area contributed by atoms with Gasteiger partial charge in [-0.05, 0) is 42.8 Å². The van der Waals surface area contributed by atoms with Gasteiger partial charge in [-0.3, -0.25) is 0 Å². The van der Waals surface area contributed by atoms with Gasteiger partial charge in [0.1, 0.15) is 6.61 Å². The molecule has 1 heterocycles. The van der Waals surface area contributed by atoms with Crippen molar-refractivity contribution in [2.24, 2.45) is 0 Å². The van der Waals surface area contributed by atoms with Gasteiger partial charge in [-0.15, -0.1) is 0 Å². The number of halogens is 3. The number of aromatic nitrogens is 2. The fourth-order valence-electron chi connectivity index (χ4n) is 2.87. The van der Waals surface area contributed by atoms with Gasteiger partial charge < -0.3 is 19.4 Å². The number of imidazole rings is 1. The van der Waals surface area contributed by atoms with Crippen molar-refractivity contribution in [2.75, 3.05) is 13.7 Å². The summed E-state index contributed by atoms with van der Waals surface area (Å²) in [5, 5.41) is 4.51. The first-order chi connectivity index (χ1) is 14.1. The number of aryl methyl sites for hydroxylation is 1. The van der Waals surface area contributed by atoms with Crippen molar-refractivity contribution in [2.45, 2.75) is 26.1 Å². The molecule has 8 heteroatoms. The highest BCUT2D eigenvalue weighted by Gasteiger charge is 2.15. The van der Waals surface area contributed by atoms with Crippen LogP contribution in [0.3, 0.4) is 0 Å². The van der Waals surface area contributed by atoms with Crippen molar-refractivity contribution in [3.63, 3.8) is 0 Å². The van der Waals surface area contributed by atoms with Crippen LogP contribution in [0.4, 0.5) is 0 Å². The summed E-state index contributed by atoms with van der Waals surface area (Å²) in [4.78, 5) is 4.06. The molecule has 0 radical (unpaired) electrons. The number of nitrogens with one attached hydrogen (secondary N) is 1. The van der Waals surface area contributed by atoms with Gasteiger partial charge >= 0.3 is 0 Å². The lowest BCUT2D eigenvalue weighted by molar-refractivity contribution is 0.280. The van der Waals surface area contributed by atoms with Gasteiger partial charge in [0.25, 0.3) is 0 Å². The number of hydrogen-bond donors (Lipinski definition) is 1. The Labute approximate surface area is 189 Å². The second kappa shape index (κ2) is 10.9. The highest BCUT2D eigenvalue weighted by Crippen LogP contribution is 2.37. The van der Waals surface area contributed by atoms with Crippen LogP contribution >= 0.6 is 39.1 Å². The predicted octanol–water partition coefficient (Wildman–Crippen LogP) is 5.72. The van der Waals surface area contributed by atoms with Gasteiger partial charge in [0.05, 0.1) is 23.5 Å². The molecule has 154 valence electrons. The molecular formula is C21H22BrCl2N3O2. The lowest BCUT2D eigenvalue weighted by Crippen LogP contribution is -2.17. The van der Waals surface area contributed by atoms with Gasteiger partial charge in [0, 0.05) is 35.5 Å². The average molecular weight is 499 g/mol. The van der Waals surface area contributed by atoms with Crippen LogP contribution in [0.2, 0.25) is 10.0 Å². The number of rotatable bonds is 10. The van der Waals surface area contributed by atoms with E-state index in [2.05, 4.69) is 30.8 Å². The summed E-state index contributed by atoms with van der Waals surface area (Å²) in [5.74, 6) is 1.39. The summed E-state index contributed by atoms with van der Waals surface area (Å²) in [6.45, 7) is 2.80. The molecule has 0 spiro atoms. The highest BCUT2D eigenvalue weighted by atomic mass is 79.9. The molecule has 0 aliphatic rings. The Morgan fingerprint density at radius 3 is 2.76 bits per heavy atom. The number of methoxy groups -OCH3 is 1. The first kappa shape index (κ1) is 22.0. The topological polar surface area (TPSA) is 48.3 Å². The average Bonchev–Trinajstić information content (AvgIpc) is 3.23. The van der Waals surface area contributed by atoms with Gasteiger partial charge in [-0.2, -0.15) is 0 Å². The molecule has 0 saturated carbocycles. The van der Waals surface area contributed by atoms with Crippen LogP contribution in [0.1, 0.15) is 17.5 Å². The zero-order valence-corrected chi connectivity index (χ0v) is 19.1. The summed E-state index contributed by atoms with van der Waals surface area (Å²) in [5.41, 5.74) is 1.94. The molecule has 0 saturated heterocycles. The minimum atomic E-state index is 0.358. The van der Waals surface area contributed by atoms with Crippen molar-refractivity contribution in [1.82, 2.24) is 14.9 Å². The van der Waals surface area contributed by atoms with Crippen molar-refractivity contribution >= 4 is 39.1 Å². The monoisotopic (exact) mass is 497 g/mol. The molecule has 1 aromatic heterocycles. The van der Waals surface area contributed by atoms with Crippen molar-refractivity contribution in [3.05, 3.63) is 74.7 Å². The highest BCUT2D eigenvalue weighted by molar-refractivity contribution is 9.10. The van der Waals surface area contributed by atoms with E-state index in [-0.39, 0.29) is 0 Å². The van der Waals surface area contributed by atoms with Gasteiger partial charge in [0.15, 0.2) is 11.5 Å². The zero-order valence-electron chi connectivity index (χ0n) is 16.0. The Balaban J connectivity index is 1.64. The zero-order chi connectivity index (χ0) is 20.6. The minimum absolute atomic E-state index is 0.358. The quantitative estimate of drug-likeness (QED) is 0.363. The summed E-state index contributed by atoms with van der Waals surface area (Å²) in [6, 6.07) is 9.32. The smallest absolute Gasteiger partial charge is 0.167 e. The van der Waals surface area contributed by atoms with Crippen molar-refractivity contribution < 1.29 is 9.47 Å². The number of benzene rings is 2. The molecule has 0 aliphatic carbocycles. The van der Waals surface area contributed by atoms with Crippen LogP contribution in [-0.4, -0.2) is 23.2 Å². The Kier molecular flexibility index (Phi) is 8.24. The molecule has 2 aromatic carbocycles. The Morgan fingerprint density at radius 2 is 2.03 bits per heavy atom. The van der Waals surface area contributed by atoms with Crippen molar-refractivity contribution in [1.29, 1.82) is 0 Å². The third-order valence-corrected chi connectivity index (χ3v) is 5.87. The van der Waals surface area contributed by atoms with Crippen LogP contribution in [0.25, 0.3) is 0 Å². The largest absolute Gasteiger partial charge is 0.493 e. The maximum absolute atomic E-state index is 6.13. The normalized spacial score (nSPS) is 10.9. The molecule has 0 fully saturated rings. The first-order valence-corrected chi connectivity index (χ1v) is 10.7. The van der Waals surface area contributed by atoms with Gasteiger partial charge in [0.2, 0.25) is 0 Å². The second-order valence-corrected chi connectivity index (χ2v) is 8.09. The SMILES string of the molecule is COc1ccc(Br)c(CNCCCn2ccnc2)c1OCc1ccc(Cl)c(Cl)c1. The Bertz CT molecular complexity index is 936. The Hall–Kier alpha value is -1.73. The Morgan fingerprint density at radius 1 is 1.17 bits per heavy atom. The maximum Gasteiger partial charge on any atom is 0.167 e. The molecule has 0 aliphatic heterocycles. The fourth-order valence-corrected chi connectivity index (χ4v) is 3.64. The molecule has 3 aromatic rings. The second-order valence-electron chi connectivity index (χ2n) is 6.43. The van der Waals surface area contributed by atoms with Crippen LogP contribution in [0.5, 0.6) is 11.5 Å². The molecule has 0 unspecified atom stereocenters. The predicted molar refractivity (Wildman–Crippen MR) is 120 cm³/mol.